The van der Waals surface area contributed by atoms with Crippen molar-refractivity contribution < 1.29 is 0 Å². The molecule has 6 heteroatoms. The Morgan fingerprint density at radius 3 is 3.00 bits per heavy atom. The normalized spacial score (nSPS) is 27.0. The highest BCUT2D eigenvalue weighted by molar-refractivity contribution is 9.10. The molecule has 18 heavy (non-hydrogen) atoms. The zero-order valence-electron chi connectivity index (χ0n) is 9.70. The maximum atomic E-state index is 6.07. The topological polar surface area (TPSA) is 41.6 Å². The van der Waals surface area contributed by atoms with Crippen molar-refractivity contribution >= 4 is 50.9 Å². The second-order valence-corrected chi connectivity index (χ2v) is 7.00. The van der Waals surface area contributed by atoms with Crippen LogP contribution >= 0.6 is 39.3 Å². The Labute approximate surface area is 124 Å². The highest BCUT2D eigenvalue weighted by atomic mass is 79.9. The predicted octanol–water partition coefficient (Wildman–Crippen LogP) is 3.11. The van der Waals surface area contributed by atoms with E-state index in [9.17, 15) is 0 Å². The second-order valence-electron chi connectivity index (χ2n) is 4.64. The zero-order chi connectivity index (χ0) is 12.8. The SMILES string of the molecule is NC1=NCC2(CCSC2)N1c1ccc(Cl)c(Br)c1. The molecule has 2 aliphatic rings. The van der Waals surface area contributed by atoms with Gasteiger partial charge in [0.2, 0.25) is 0 Å². The van der Waals surface area contributed by atoms with E-state index in [-0.39, 0.29) is 5.54 Å². The first-order valence-electron chi connectivity index (χ1n) is 5.75. The lowest BCUT2D eigenvalue weighted by molar-refractivity contribution is 0.516. The first-order valence-corrected chi connectivity index (χ1v) is 8.08. The average Bonchev–Trinajstić information content (AvgIpc) is 2.93. The third kappa shape index (κ3) is 1.92. The van der Waals surface area contributed by atoms with Crippen LogP contribution in [0.5, 0.6) is 0 Å². The zero-order valence-corrected chi connectivity index (χ0v) is 12.9. The van der Waals surface area contributed by atoms with E-state index < -0.39 is 0 Å². The van der Waals surface area contributed by atoms with Crippen molar-refractivity contribution in [2.24, 2.45) is 10.7 Å². The van der Waals surface area contributed by atoms with Crippen LogP contribution in [0.25, 0.3) is 0 Å². The Balaban J connectivity index is 2.02. The van der Waals surface area contributed by atoms with E-state index in [1.165, 1.54) is 5.75 Å². The van der Waals surface area contributed by atoms with E-state index in [0.29, 0.717) is 11.0 Å². The van der Waals surface area contributed by atoms with Crippen molar-refractivity contribution in [3.05, 3.63) is 27.7 Å². The van der Waals surface area contributed by atoms with Gasteiger partial charge in [-0.25, -0.2) is 0 Å². The second kappa shape index (κ2) is 4.62. The first-order chi connectivity index (χ1) is 8.62. The molecule has 1 aromatic rings. The number of benzene rings is 1. The van der Waals surface area contributed by atoms with E-state index >= 15 is 0 Å². The molecule has 1 spiro atoms. The van der Waals surface area contributed by atoms with Gasteiger partial charge in [-0.15, -0.1) is 0 Å². The van der Waals surface area contributed by atoms with Gasteiger partial charge in [0, 0.05) is 15.9 Å². The molecule has 0 bridgehead atoms. The fraction of sp³-hybridized carbons (Fsp3) is 0.417. The van der Waals surface area contributed by atoms with Crippen molar-refractivity contribution in [2.45, 2.75) is 12.0 Å². The summed E-state index contributed by atoms with van der Waals surface area (Å²) < 4.78 is 0.891. The molecule has 96 valence electrons. The van der Waals surface area contributed by atoms with E-state index in [4.69, 9.17) is 17.3 Å². The smallest absolute Gasteiger partial charge is 0.196 e. The van der Waals surface area contributed by atoms with Gasteiger partial charge in [0.05, 0.1) is 17.1 Å². The van der Waals surface area contributed by atoms with E-state index in [2.05, 4.69) is 25.8 Å². The Morgan fingerprint density at radius 1 is 1.50 bits per heavy atom. The molecule has 3 nitrogen and oxygen atoms in total. The molecule has 2 aliphatic heterocycles. The maximum Gasteiger partial charge on any atom is 0.196 e. The fourth-order valence-corrected chi connectivity index (χ4v) is 4.44. The molecular formula is C12H13BrClN3S. The van der Waals surface area contributed by atoms with Crippen LogP contribution in [0, 0.1) is 0 Å². The van der Waals surface area contributed by atoms with E-state index in [1.807, 2.05) is 30.0 Å². The van der Waals surface area contributed by atoms with Gasteiger partial charge in [-0.3, -0.25) is 4.99 Å². The minimum absolute atomic E-state index is 0.0714. The molecule has 2 heterocycles. The van der Waals surface area contributed by atoms with Gasteiger partial charge in [0.15, 0.2) is 5.96 Å². The van der Waals surface area contributed by atoms with Crippen LogP contribution in [0.4, 0.5) is 5.69 Å². The molecule has 2 N–H and O–H groups in total. The molecule has 1 unspecified atom stereocenters. The number of thioether (sulfide) groups is 1. The molecule has 1 fully saturated rings. The minimum Gasteiger partial charge on any atom is -0.369 e. The van der Waals surface area contributed by atoms with Crippen LogP contribution in [-0.4, -0.2) is 29.5 Å². The third-order valence-corrected chi connectivity index (χ3v) is 5.93. The summed E-state index contributed by atoms with van der Waals surface area (Å²) in [6, 6.07) is 5.91. The lowest BCUT2D eigenvalue weighted by Gasteiger charge is -2.35. The van der Waals surface area contributed by atoms with Crippen LogP contribution < -0.4 is 10.6 Å². The molecule has 0 aliphatic carbocycles. The minimum atomic E-state index is 0.0714. The number of hydrogen-bond acceptors (Lipinski definition) is 4. The number of anilines is 1. The molecule has 1 aromatic carbocycles. The summed E-state index contributed by atoms with van der Waals surface area (Å²) in [7, 11) is 0. The molecule has 0 aromatic heterocycles. The Hall–Kier alpha value is -0.390. The average molecular weight is 347 g/mol. The standard InChI is InChI=1S/C12H13BrClN3S/c13-9-5-8(1-2-10(9)14)17-11(15)16-6-12(17)3-4-18-7-12/h1-2,5H,3-4,6-7H2,(H2,15,16). The predicted molar refractivity (Wildman–Crippen MR) is 82.8 cm³/mol. The largest absolute Gasteiger partial charge is 0.369 e. The first kappa shape index (κ1) is 12.6. The molecule has 3 rings (SSSR count). The highest BCUT2D eigenvalue weighted by Gasteiger charge is 2.45. The maximum absolute atomic E-state index is 6.07. The van der Waals surface area contributed by atoms with Gasteiger partial charge in [-0.05, 0) is 46.3 Å². The Morgan fingerprint density at radius 2 is 2.33 bits per heavy atom. The number of rotatable bonds is 1. The van der Waals surface area contributed by atoms with Gasteiger partial charge in [-0.2, -0.15) is 11.8 Å². The molecule has 1 atom stereocenters. The molecule has 0 saturated carbocycles. The summed E-state index contributed by atoms with van der Waals surface area (Å²) in [5.41, 5.74) is 7.21. The molecule has 1 saturated heterocycles. The highest BCUT2D eigenvalue weighted by Crippen LogP contribution is 2.40. The van der Waals surface area contributed by atoms with E-state index in [1.54, 1.807) is 0 Å². The number of guanidine groups is 1. The number of nitrogens with zero attached hydrogens (tertiary/aromatic N) is 2. The third-order valence-electron chi connectivity index (χ3n) is 3.48. The van der Waals surface area contributed by atoms with Crippen molar-refractivity contribution in [2.75, 3.05) is 23.0 Å². The van der Waals surface area contributed by atoms with Gasteiger partial charge in [0.1, 0.15) is 0 Å². The molecular weight excluding hydrogens is 334 g/mol. The van der Waals surface area contributed by atoms with Crippen LogP contribution in [-0.2, 0) is 0 Å². The quantitative estimate of drug-likeness (QED) is 0.849. The van der Waals surface area contributed by atoms with Crippen LogP contribution in [0.2, 0.25) is 5.02 Å². The fourth-order valence-electron chi connectivity index (χ4n) is 2.54. The van der Waals surface area contributed by atoms with Gasteiger partial charge >= 0.3 is 0 Å². The summed E-state index contributed by atoms with van der Waals surface area (Å²) in [5.74, 6) is 2.87. The van der Waals surface area contributed by atoms with Crippen molar-refractivity contribution in [3.63, 3.8) is 0 Å². The van der Waals surface area contributed by atoms with Gasteiger partial charge < -0.3 is 10.6 Å². The summed E-state index contributed by atoms with van der Waals surface area (Å²) in [6.45, 7) is 0.798. The number of halogens is 2. The van der Waals surface area contributed by atoms with Gasteiger partial charge in [-0.1, -0.05) is 11.6 Å². The van der Waals surface area contributed by atoms with Crippen LogP contribution in [0.15, 0.2) is 27.7 Å². The van der Waals surface area contributed by atoms with Crippen LogP contribution in [0.1, 0.15) is 6.42 Å². The van der Waals surface area contributed by atoms with Crippen molar-refractivity contribution in [3.8, 4) is 0 Å². The molecule has 0 amide bonds. The Bertz CT molecular complexity index is 514. The van der Waals surface area contributed by atoms with E-state index in [0.717, 1.165) is 28.9 Å². The lowest BCUT2D eigenvalue weighted by Crippen LogP contribution is -2.52. The lowest BCUT2D eigenvalue weighted by atomic mass is 9.97. The monoisotopic (exact) mass is 345 g/mol. The Kier molecular flexibility index (Phi) is 3.24. The van der Waals surface area contributed by atoms with Gasteiger partial charge in [0.25, 0.3) is 0 Å². The summed E-state index contributed by atoms with van der Waals surface area (Å²) in [4.78, 5) is 6.61. The summed E-state index contributed by atoms with van der Waals surface area (Å²) in [5, 5.41) is 0.711. The number of nitrogens with two attached hydrogens (primary N) is 1. The number of aliphatic imine (C=N–C) groups is 1. The summed E-state index contributed by atoms with van der Waals surface area (Å²) >= 11 is 11.5. The summed E-state index contributed by atoms with van der Waals surface area (Å²) in [6.07, 6.45) is 1.13. The molecule has 0 radical (unpaired) electrons. The van der Waals surface area contributed by atoms with Crippen LogP contribution in [0.3, 0.4) is 0 Å². The van der Waals surface area contributed by atoms with Crippen molar-refractivity contribution in [1.82, 2.24) is 0 Å². The number of hydrogen-bond donors (Lipinski definition) is 1. The van der Waals surface area contributed by atoms with Crippen molar-refractivity contribution in [1.29, 1.82) is 0 Å².